The molecule has 9 heteroatoms. The van der Waals surface area contributed by atoms with E-state index in [2.05, 4.69) is 20.8 Å². The van der Waals surface area contributed by atoms with E-state index in [0.29, 0.717) is 23.1 Å². The lowest BCUT2D eigenvalue weighted by molar-refractivity contribution is -0.115. The molecule has 1 heterocycles. The highest BCUT2D eigenvalue weighted by Crippen LogP contribution is 2.25. The molecule has 0 unspecified atom stereocenters. The van der Waals surface area contributed by atoms with E-state index in [-0.39, 0.29) is 11.7 Å². The van der Waals surface area contributed by atoms with Gasteiger partial charge in [-0.2, -0.15) is 4.68 Å². The summed E-state index contributed by atoms with van der Waals surface area (Å²) in [5.41, 5.74) is 2.45. The molecule has 8 nitrogen and oxygen atoms in total. The van der Waals surface area contributed by atoms with Gasteiger partial charge in [0.05, 0.1) is 10.9 Å². The largest absolute Gasteiger partial charge is 0.508 e. The van der Waals surface area contributed by atoms with Crippen LogP contribution in [0.2, 0.25) is 0 Å². The topological polar surface area (TPSA) is 102 Å². The number of aromatic hydroxyl groups is 1. The van der Waals surface area contributed by atoms with Crippen LogP contribution < -0.4 is 10.1 Å². The second kappa shape index (κ2) is 9.97. The third-order valence-electron chi connectivity index (χ3n) is 4.56. The normalized spacial score (nSPS) is 11.7. The van der Waals surface area contributed by atoms with E-state index in [1.54, 1.807) is 43.3 Å². The fourth-order valence-corrected chi connectivity index (χ4v) is 3.65. The number of benzene rings is 3. The Kier molecular flexibility index (Phi) is 6.66. The number of amides is 1. The monoisotopic (exact) mass is 447 g/mol. The first kappa shape index (κ1) is 21.4. The zero-order chi connectivity index (χ0) is 22.3. The van der Waals surface area contributed by atoms with Crippen LogP contribution in [0.1, 0.15) is 12.5 Å². The molecule has 0 saturated heterocycles. The molecule has 0 aliphatic carbocycles. The molecular formula is C23H21N5O3S. The number of carbonyl (C=O) groups is 1. The molecule has 0 aliphatic rings. The van der Waals surface area contributed by atoms with Crippen LogP contribution >= 0.6 is 11.8 Å². The molecule has 0 radical (unpaired) electrons. The number of nitrogens with one attached hydrogen (secondary N) is 1. The third-order valence-corrected chi connectivity index (χ3v) is 5.59. The van der Waals surface area contributed by atoms with Gasteiger partial charge in [0, 0.05) is 5.69 Å². The zero-order valence-electron chi connectivity index (χ0n) is 17.3. The summed E-state index contributed by atoms with van der Waals surface area (Å²) < 4.78 is 7.30. The summed E-state index contributed by atoms with van der Waals surface area (Å²) in [6.45, 7) is 2.27. The lowest BCUT2D eigenvalue weighted by Crippen LogP contribution is -2.22. The maximum Gasteiger partial charge on any atom is 0.237 e. The molecule has 0 saturated carbocycles. The average Bonchev–Trinajstić information content (AvgIpc) is 3.28. The Morgan fingerprint density at radius 1 is 1.06 bits per heavy atom. The van der Waals surface area contributed by atoms with E-state index in [9.17, 15) is 9.90 Å². The van der Waals surface area contributed by atoms with Gasteiger partial charge in [0.15, 0.2) is 0 Å². The van der Waals surface area contributed by atoms with Crippen LogP contribution in [0.5, 0.6) is 11.5 Å². The number of carbonyl (C=O) groups excluding carboxylic acids is 1. The summed E-state index contributed by atoms with van der Waals surface area (Å²) in [5.74, 6) is 0.704. The Morgan fingerprint density at radius 2 is 1.78 bits per heavy atom. The number of nitrogens with zero attached hydrogens (tertiary/aromatic N) is 4. The van der Waals surface area contributed by atoms with E-state index in [4.69, 9.17) is 4.74 Å². The first-order chi connectivity index (χ1) is 15.6. The van der Waals surface area contributed by atoms with Gasteiger partial charge in [0.25, 0.3) is 0 Å². The Labute approximate surface area is 189 Å². The Hall–Kier alpha value is -3.85. The summed E-state index contributed by atoms with van der Waals surface area (Å²) in [6.07, 6.45) is 0. The lowest BCUT2D eigenvalue weighted by Gasteiger charge is -2.12. The minimum atomic E-state index is -0.439. The maximum absolute atomic E-state index is 12.7. The second-order valence-corrected chi connectivity index (χ2v) is 8.25. The Balaban J connectivity index is 1.33. The van der Waals surface area contributed by atoms with Gasteiger partial charge < -0.3 is 15.2 Å². The molecule has 1 amide bonds. The number of ether oxygens (including phenoxy) is 1. The van der Waals surface area contributed by atoms with Gasteiger partial charge in [-0.15, -0.1) is 5.10 Å². The highest BCUT2D eigenvalue weighted by atomic mass is 32.2. The smallest absolute Gasteiger partial charge is 0.237 e. The fraction of sp³-hybridized carbons (Fsp3) is 0.130. The van der Waals surface area contributed by atoms with Crippen molar-refractivity contribution >= 4 is 23.4 Å². The summed E-state index contributed by atoms with van der Waals surface area (Å²) in [4.78, 5) is 12.7. The van der Waals surface area contributed by atoms with Gasteiger partial charge >= 0.3 is 0 Å². The highest BCUT2D eigenvalue weighted by Gasteiger charge is 2.19. The molecule has 4 rings (SSSR count). The first-order valence-corrected chi connectivity index (χ1v) is 10.8. The van der Waals surface area contributed by atoms with Gasteiger partial charge in [-0.25, -0.2) is 0 Å². The van der Waals surface area contributed by atoms with E-state index >= 15 is 0 Å². The quantitative estimate of drug-likeness (QED) is 0.393. The molecule has 162 valence electrons. The molecule has 0 aliphatic heterocycles. The van der Waals surface area contributed by atoms with Crippen molar-refractivity contribution in [2.75, 3.05) is 5.32 Å². The SMILES string of the molecule is C[C@@H](Sc1nnnn1-c1ccc(O)cc1)C(=O)Nc1ccc(OCc2ccccc2)cc1. The van der Waals surface area contributed by atoms with E-state index in [1.165, 1.54) is 16.4 Å². The van der Waals surface area contributed by atoms with Crippen molar-refractivity contribution in [1.82, 2.24) is 20.2 Å². The molecule has 1 atom stereocenters. The summed E-state index contributed by atoms with van der Waals surface area (Å²) in [7, 11) is 0. The minimum absolute atomic E-state index is 0.153. The van der Waals surface area contributed by atoms with Crippen LogP contribution in [0.4, 0.5) is 5.69 Å². The average molecular weight is 448 g/mol. The fourth-order valence-electron chi connectivity index (χ4n) is 2.84. The number of hydrogen-bond donors (Lipinski definition) is 2. The molecule has 0 bridgehead atoms. The molecular weight excluding hydrogens is 426 g/mol. The van der Waals surface area contributed by atoms with Crippen molar-refractivity contribution in [1.29, 1.82) is 0 Å². The zero-order valence-corrected chi connectivity index (χ0v) is 18.1. The Bertz CT molecular complexity index is 1160. The van der Waals surface area contributed by atoms with Gasteiger partial charge in [-0.3, -0.25) is 4.79 Å². The van der Waals surface area contributed by atoms with Crippen LogP contribution in [0.3, 0.4) is 0 Å². The van der Waals surface area contributed by atoms with Crippen molar-refractivity contribution < 1.29 is 14.6 Å². The predicted molar refractivity (Wildman–Crippen MR) is 122 cm³/mol. The highest BCUT2D eigenvalue weighted by molar-refractivity contribution is 8.00. The number of rotatable bonds is 8. The summed E-state index contributed by atoms with van der Waals surface area (Å²) in [6, 6.07) is 23.7. The molecule has 0 fully saturated rings. The van der Waals surface area contributed by atoms with E-state index in [1.807, 2.05) is 42.5 Å². The number of thioether (sulfide) groups is 1. The number of hydrogen-bond acceptors (Lipinski definition) is 7. The maximum atomic E-state index is 12.7. The summed E-state index contributed by atoms with van der Waals surface area (Å²) >= 11 is 1.24. The van der Waals surface area contributed by atoms with E-state index in [0.717, 1.165) is 11.3 Å². The minimum Gasteiger partial charge on any atom is -0.508 e. The third kappa shape index (κ3) is 5.44. The van der Waals surface area contributed by atoms with Crippen LogP contribution in [0, 0.1) is 0 Å². The van der Waals surface area contributed by atoms with Crippen LogP contribution in [-0.4, -0.2) is 36.5 Å². The molecule has 32 heavy (non-hydrogen) atoms. The van der Waals surface area contributed by atoms with Gasteiger partial charge in [0.2, 0.25) is 11.1 Å². The number of aromatic nitrogens is 4. The molecule has 4 aromatic rings. The van der Waals surface area contributed by atoms with Crippen LogP contribution in [-0.2, 0) is 11.4 Å². The molecule has 2 N–H and O–H groups in total. The summed E-state index contributed by atoms with van der Waals surface area (Å²) in [5, 5.41) is 24.1. The number of phenols is 1. The number of anilines is 1. The van der Waals surface area contributed by atoms with Crippen molar-refractivity contribution in [2.24, 2.45) is 0 Å². The van der Waals surface area contributed by atoms with Crippen molar-refractivity contribution in [3.05, 3.63) is 84.4 Å². The number of tetrazole rings is 1. The number of phenolic OH excluding ortho intramolecular Hbond substituents is 1. The van der Waals surface area contributed by atoms with Gasteiger partial charge in [-0.05, 0) is 71.4 Å². The predicted octanol–water partition coefficient (Wildman–Crippen LogP) is 4.07. The molecule has 1 aromatic heterocycles. The standard InChI is InChI=1S/C23H21N5O3S/c1-16(32-23-25-26-27-28(23)19-9-11-20(29)12-10-19)22(30)24-18-7-13-21(14-8-18)31-15-17-5-3-2-4-6-17/h2-14,16,29H,15H2,1H3,(H,24,30)/t16-/m1/s1. The van der Waals surface area contributed by atoms with Crippen molar-refractivity contribution in [2.45, 2.75) is 23.9 Å². The van der Waals surface area contributed by atoms with Crippen molar-refractivity contribution in [3.63, 3.8) is 0 Å². The molecule has 3 aromatic carbocycles. The van der Waals surface area contributed by atoms with Gasteiger partial charge in [-0.1, -0.05) is 42.1 Å². The Morgan fingerprint density at radius 3 is 2.50 bits per heavy atom. The van der Waals surface area contributed by atoms with Gasteiger partial charge in [0.1, 0.15) is 18.1 Å². The molecule has 0 spiro atoms. The first-order valence-electron chi connectivity index (χ1n) is 9.90. The lowest BCUT2D eigenvalue weighted by atomic mass is 10.2. The van der Waals surface area contributed by atoms with Crippen LogP contribution in [0.15, 0.2) is 84.0 Å². The van der Waals surface area contributed by atoms with Crippen molar-refractivity contribution in [3.8, 4) is 17.2 Å². The van der Waals surface area contributed by atoms with Crippen LogP contribution in [0.25, 0.3) is 5.69 Å². The van der Waals surface area contributed by atoms with E-state index < -0.39 is 5.25 Å². The second-order valence-electron chi connectivity index (χ2n) is 6.94.